The van der Waals surface area contributed by atoms with Crippen LogP contribution in [0.3, 0.4) is 0 Å². The van der Waals surface area contributed by atoms with E-state index in [0.717, 1.165) is 0 Å². The molecule has 9 heteroatoms. The zero-order valence-corrected chi connectivity index (χ0v) is 18.8. The van der Waals surface area contributed by atoms with Gasteiger partial charge in [-0.2, -0.15) is 4.31 Å². The van der Waals surface area contributed by atoms with Gasteiger partial charge in [0, 0.05) is 44.8 Å². The average Bonchev–Trinajstić information content (AvgIpc) is 2.65. The van der Waals surface area contributed by atoms with E-state index in [9.17, 15) is 18.0 Å². The molecule has 0 bridgehead atoms. The largest absolute Gasteiger partial charge is 0.444 e. The van der Waals surface area contributed by atoms with Crippen molar-refractivity contribution in [2.45, 2.75) is 51.2 Å². The quantitative estimate of drug-likeness (QED) is 0.739. The molecule has 1 aromatic carbocycles. The molecule has 29 heavy (non-hydrogen) atoms. The molecule has 162 valence electrons. The van der Waals surface area contributed by atoms with Gasteiger partial charge in [-0.25, -0.2) is 13.2 Å². The average molecular weight is 426 g/mol. The molecule has 1 saturated heterocycles. The van der Waals surface area contributed by atoms with E-state index in [0.29, 0.717) is 31.7 Å². The first-order valence-corrected chi connectivity index (χ1v) is 11.1. The lowest BCUT2D eigenvalue weighted by atomic mass is 10.2. The minimum atomic E-state index is -3.67. The number of rotatable bonds is 4. The summed E-state index contributed by atoms with van der Waals surface area (Å²) in [6, 6.07) is 5.89. The van der Waals surface area contributed by atoms with E-state index in [1.54, 1.807) is 35.8 Å². The number of hydrogen-bond acceptors (Lipinski definition) is 5. The molecule has 0 unspecified atom stereocenters. The van der Waals surface area contributed by atoms with Gasteiger partial charge in [0.05, 0.1) is 4.90 Å². The Morgan fingerprint density at radius 1 is 1.07 bits per heavy atom. The van der Waals surface area contributed by atoms with E-state index >= 15 is 0 Å². The number of benzene rings is 1. The molecule has 0 aliphatic carbocycles. The van der Waals surface area contributed by atoms with Crippen LogP contribution in [0.4, 0.5) is 4.79 Å². The van der Waals surface area contributed by atoms with Crippen LogP contribution in [0.5, 0.6) is 0 Å². The zero-order chi connectivity index (χ0) is 22.0. The van der Waals surface area contributed by atoms with Gasteiger partial charge in [-0.15, -0.1) is 0 Å². The molecule has 1 fully saturated rings. The van der Waals surface area contributed by atoms with Crippen LogP contribution in [0.25, 0.3) is 0 Å². The number of hydrogen-bond donors (Lipinski definition) is 0. The molecule has 8 nitrogen and oxygen atoms in total. The summed E-state index contributed by atoms with van der Waals surface area (Å²) in [6.07, 6.45) is -0.394. The predicted molar refractivity (Wildman–Crippen MR) is 110 cm³/mol. The second kappa shape index (κ2) is 8.71. The molecule has 0 N–H and O–H groups in total. The highest BCUT2D eigenvalue weighted by Crippen LogP contribution is 2.19. The second-order valence-electron chi connectivity index (χ2n) is 8.40. The minimum absolute atomic E-state index is 0.0898. The molecule has 0 atom stereocenters. The SMILES string of the molecule is CC(C)N(C)S(=O)(=O)c1cccc(C(=O)N2CCN(C(=O)OC(C)(C)C)CC2)c1. The molecule has 1 aromatic rings. The third kappa shape index (κ3) is 5.70. The topological polar surface area (TPSA) is 87.2 Å². The van der Waals surface area contributed by atoms with Crippen molar-refractivity contribution in [1.82, 2.24) is 14.1 Å². The van der Waals surface area contributed by atoms with Crippen molar-refractivity contribution in [3.63, 3.8) is 0 Å². The molecule has 0 saturated carbocycles. The summed E-state index contributed by atoms with van der Waals surface area (Å²) >= 11 is 0. The fourth-order valence-corrected chi connectivity index (χ4v) is 4.25. The Morgan fingerprint density at radius 3 is 2.14 bits per heavy atom. The molecule has 0 radical (unpaired) electrons. The number of ether oxygens (including phenoxy) is 1. The van der Waals surface area contributed by atoms with Gasteiger partial charge in [0.1, 0.15) is 5.60 Å². The number of carbonyl (C=O) groups is 2. The Balaban J connectivity index is 2.08. The van der Waals surface area contributed by atoms with Gasteiger partial charge >= 0.3 is 6.09 Å². The van der Waals surface area contributed by atoms with Crippen LogP contribution in [0.15, 0.2) is 29.2 Å². The number of nitrogens with zero attached hydrogens (tertiary/aromatic N) is 3. The first kappa shape index (κ1) is 23.2. The van der Waals surface area contributed by atoms with Crippen LogP contribution >= 0.6 is 0 Å². The van der Waals surface area contributed by atoms with Gasteiger partial charge in [-0.3, -0.25) is 4.79 Å². The molecular weight excluding hydrogens is 394 g/mol. The van der Waals surface area contributed by atoms with Crippen LogP contribution in [0, 0.1) is 0 Å². The standard InChI is InChI=1S/C20H31N3O5S/c1-15(2)21(6)29(26,27)17-9-7-8-16(14-17)18(24)22-10-12-23(13-11-22)19(25)28-20(3,4)5/h7-9,14-15H,10-13H2,1-6H3. The molecule has 1 aliphatic heterocycles. The Kier molecular flexibility index (Phi) is 6.95. The van der Waals surface area contributed by atoms with Crippen LogP contribution < -0.4 is 0 Å². The van der Waals surface area contributed by atoms with Crippen molar-refractivity contribution in [2.75, 3.05) is 33.2 Å². The van der Waals surface area contributed by atoms with Gasteiger partial charge in [-0.05, 0) is 52.8 Å². The van der Waals surface area contributed by atoms with Crippen LogP contribution in [0.1, 0.15) is 45.0 Å². The third-order valence-electron chi connectivity index (χ3n) is 4.70. The van der Waals surface area contributed by atoms with Gasteiger partial charge in [0.2, 0.25) is 10.0 Å². The van der Waals surface area contributed by atoms with Crippen molar-refractivity contribution < 1.29 is 22.7 Å². The van der Waals surface area contributed by atoms with E-state index in [-0.39, 0.29) is 16.8 Å². The van der Waals surface area contributed by atoms with E-state index in [1.807, 2.05) is 20.8 Å². The molecule has 1 aliphatic rings. The van der Waals surface area contributed by atoms with E-state index in [1.165, 1.54) is 23.5 Å². The van der Waals surface area contributed by atoms with Gasteiger partial charge in [0.25, 0.3) is 5.91 Å². The lowest BCUT2D eigenvalue weighted by Crippen LogP contribution is -2.51. The summed E-state index contributed by atoms with van der Waals surface area (Å²) in [4.78, 5) is 28.3. The maximum absolute atomic E-state index is 12.9. The molecule has 0 spiro atoms. The second-order valence-corrected chi connectivity index (χ2v) is 10.4. The highest BCUT2D eigenvalue weighted by atomic mass is 32.2. The highest BCUT2D eigenvalue weighted by Gasteiger charge is 2.29. The highest BCUT2D eigenvalue weighted by molar-refractivity contribution is 7.89. The molecule has 0 aromatic heterocycles. The summed E-state index contributed by atoms with van der Waals surface area (Å²) in [5.74, 6) is -0.252. The fraction of sp³-hybridized carbons (Fsp3) is 0.600. The molecule has 2 rings (SSSR count). The Hall–Kier alpha value is -2.13. The van der Waals surface area contributed by atoms with Gasteiger partial charge in [0.15, 0.2) is 0 Å². The molecule has 1 heterocycles. The summed E-state index contributed by atoms with van der Waals surface area (Å²) in [6.45, 7) is 10.5. The van der Waals surface area contributed by atoms with Crippen LogP contribution in [-0.4, -0.2) is 79.4 Å². The number of sulfonamides is 1. The van der Waals surface area contributed by atoms with E-state index in [4.69, 9.17) is 4.74 Å². The minimum Gasteiger partial charge on any atom is -0.444 e. The van der Waals surface area contributed by atoms with Gasteiger partial charge in [-0.1, -0.05) is 6.07 Å². The third-order valence-corrected chi connectivity index (χ3v) is 6.73. The number of piperazine rings is 1. The number of amides is 2. The van der Waals surface area contributed by atoms with Gasteiger partial charge < -0.3 is 14.5 Å². The monoisotopic (exact) mass is 425 g/mol. The molecular formula is C20H31N3O5S. The maximum atomic E-state index is 12.9. The molecule has 2 amide bonds. The Bertz CT molecular complexity index is 853. The van der Waals surface area contributed by atoms with Crippen molar-refractivity contribution in [3.05, 3.63) is 29.8 Å². The first-order chi connectivity index (χ1) is 13.3. The summed E-state index contributed by atoms with van der Waals surface area (Å²) in [5.41, 5.74) is -0.256. The number of carbonyl (C=O) groups excluding carboxylic acids is 2. The Morgan fingerprint density at radius 2 is 1.62 bits per heavy atom. The summed E-state index contributed by atoms with van der Waals surface area (Å²) < 4.78 is 32.0. The summed E-state index contributed by atoms with van der Waals surface area (Å²) in [7, 11) is -2.15. The predicted octanol–water partition coefficient (Wildman–Crippen LogP) is 2.41. The lowest BCUT2D eigenvalue weighted by Gasteiger charge is -2.35. The summed E-state index contributed by atoms with van der Waals surface area (Å²) in [5, 5.41) is 0. The maximum Gasteiger partial charge on any atom is 0.410 e. The van der Waals surface area contributed by atoms with Crippen molar-refractivity contribution in [1.29, 1.82) is 0 Å². The zero-order valence-electron chi connectivity index (χ0n) is 18.0. The van der Waals surface area contributed by atoms with E-state index in [2.05, 4.69) is 0 Å². The lowest BCUT2D eigenvalue weighted by molar-refractivity contribution is 0.0141. The normalized spacial score (nSPS) is 15.7. The fourth-order valence-electron chi connectivity index (χ4n) is 2.83. The Labute approximate surface area is 173 Å². The van der Waals surface area contributed by atoms with Crippen molar-refractivity contribution >= 4 is 22.0 Å². The first-order valence-electron chi connectivity index (χ1n) is 9.68. The smallest absolute Gasteiger partial charge is 0.410 e. The van der Waals surface area contributed by atoms with Crippen LogP contribution in [0.2, 0.25) is 0 Å². The van der Waals surface area contributed by atoms with E-state index < -0.39 is 21.7 Å². The van der Waals surface area contributed by atoms with Crippen LogP contribution in [-0.2, 0) is 14.8 Å². The van der Waals surface area contributed by atoms with Crippen molar-refractivity contribution in [3.8, 4) is 0 Å². The van der Waals surface area contributed by atoms with Crippen molar-refractivity contribution in [2.24, 2.45) is 0 Å².